The summed E-state index contributed by atoms with van der Waals surface area (Å²) < 4.78 is 0. The molecule has 0 fully saturated rings. The molecule has 2 aromatic rings. The van der Waals surface area contributed by atoms with Gasteiger partial charge in [-0.1, -0.05) is 48.5 Å². The maximum absolute atomic E-state index is 12.7. The first-order valence-electron chi connectivity index (χ1n) is 8.34. The Kier molecular flexibility index (Phi) is 7.54. The molecule has 2 amide bonds. The van der Waals surface area contributed by atoms with Crippen LogP contribution in [0.2, 0.25) is 0 Å². The molecule has 0 aliphatic carbocycles. The smallest absolute Gasteiger partial charge is 0.242 e. The zero-order valence-electron chi connectivity index (χ0n) is 14.6. The van der Waals surface area contributed by atoms with E-state index in [9.17, 15) is 9.59 Å². The Morgan fingerprint density at radius 3 is 2.24 bits per heavy atom. The maximum Gasteiger partial charge on any atom is 0.242 e. The Hall–Kier alpha value is -2.27. The highest BCUT2D eigenvalue weighted by Gasteiger charge is 2.25. The Labute approximate surface area is 153 Å². The second-order valence-corrected chi connectivity index (χ2v) is 6.88. The number of nitrogens with one attached hydrogen (secondary N) is 1. The molecule has 0 spiro atoms. The van der Waals surface area contributed by atoms with Gasteiger partial charge in [-0.05, 0) is 24.6 Å². The average Bonchev–Trinajstić information content (AvgIpc) is 2.66. The second kappa shape index (κ2) is 9.89. The van der Waals surface area contributed by atoms with Gasteiger partial charge in [0.1, 0.15) is 6.04 Å². The van der Waals surface area contributed by atoms with Gasteiger partial charge in [-0.3, -0.25) is 9.59 Å². The van der Waals surface area contributed by atoms with Crippen LogP contribution in [0.15, 0.2) is 65.6 Å². The number of likely N-dealkylation sites (N-methyl/N-ethyl adjacent to an activating group) is 1. The first kappa shape index (κ1) is 19.1. The van der Waals surface area contributed by atoms with Crippen molar-refractivity contribution >= 4 is 23.6 Å². The van der Waals surface area contributed by atoms with Crippen LogP contribution in [0.3, 0.4) is 0 Å². The highest BCUT2D eigenvalue weighted by Crippen LogP contribution is 2.19. The standard InChI is InChI=1S/C20H24N2O2S/c1-16(20(24)21-2)22(15-17-9-5-3-6-10-17)19(23)13-14-25-18-11-7-4-8-12-18/h3-12,16H,13-15H2,1-2H3,(H,21,24)/t16-/m1/s1. The molecule has 1 N–H and O–H groups in total. The molecule has 2 aromatic carbocycles. The summed E-state index contributed by atoms with van der Waals surface area (Å²) in [4.78, 5) is 27.6. The Morgan fingerprint density at radius 2 is 1.64 bits per heavy atom. The van der Waals surface area contributed by atoms with E-state index in [4.69, 9.17) is 0 Å². The molecule has 0 aliphatic heterocycles. The van der Waals surface area contributed by atoms with Crippen LogP contribution in [-0.2, 0) is 16.1 Å². The highest BCUT2D eigenvalue weighted by molar-refractivity contribution is 7.99. The molecule has 2 rings (SSSR count). The molecular weight excluding hydrogens is 332 g/mol. The first-order chi connectivity index (χ1) is 12.1. The molecule has 0 bridgehead atoms. The zero-order valence-corrected chi connectivity index (χ0v) is 15.5. The van der Waals surface area contributed by atoms with Gasteiger partial charge in [-0.15, -0.1) is 11.8 Å². The lowest BCUT2D eigenvalue weighted by Gasteiger charge is -2.28. The molecule has 132 valence electrons. The van der Waals surface area contributed by atoms with Crippen molar-refractivity contribution in [3.63, 3.8) is 0 Å². The van der Waals surface area contributed by atoms with Crippen LogP contribution >= 0.6 is 11.8 Å². The minimum Gasteiger partial charge on any atom is -0.357 e. The van der Waals surface area contributed by atoms with Crippen LogP contribution < -0.4 is 5.32 Å². The zero-order chi connectivity index (χ0) is 18.1. The first-order valence-corrected chi connectivity index (χ1v) is 9.33. The summed E-state index contributed by atoms with van der Waals surface area (Å²) >= 11 is 1.65. The summed E-state index contributed by atoms with van der Waals surface area (Å²) in [5.41, 5.74) is 1.02. The van der Waals surface area contributed by atoms with Gasteiger partial charge in [0.05, 0.1) is 0 Å². The number of thioether (sulfide) groups is 1. The molecular formula is C20H24N2O2S. The molecule has 4 nitrogen and oxygen atoms in total. The Balaban J connectivity index is 2.00. The molecule has 1 atom stereocenters. The maximum atomic E-state index is 12.7. The molecule has 0 saturated heterocycles. The molecule has 5 heteroatoms. The Bertz CT molecular complexity index is 677. The largest absolute Gasteiger partial charge is 0.357 e. The summed E-state index contributed by atoms with van der Waals surface area (Å²) in [6.07, 6.45) is 0.397. The normalized spacial score (nSPS) is 11.6. The minimum atomic E-state index is -0.501. The van der Waals surface area contributed by atoms with Crippen molar-refractivity contribution < 1.29 is 9.59 Å². The van der Waals surface area contributed by atoms with Gasteiger partial charge in [0.2, 0.25) is 11.8 Å². The van der Waals surface area contributed by atoms with Crippen LogP contribution in [-0.4, -0.2) is 35.6 Å². The van der Waals surface area contributed by atoms with Crippen molar-refractivity contribution in [2.75, 3.05) is 12.8 Å². The molecule has 25 heavy (non-hydrogen) atoms. The molecule has 0 aromatic heterocycles. The van der Waals surface area contributed by atoms with Crippen LogP contribution in [0, 0.1) is 0 Å². The quantitative estimate of drug-likeness (QED) is 0.738. The number of nitrogens with zero attached hydrogens (tertiary/aromatic N) is 1. The molecule has 0 radical (unpaired) electrons. The number of carbonyl (C=O) groups excluding carboxylic acids is 2. The van der Waals surface area contributed by atoms with Gasteiger partial charge in [-0.2, -0.15) is 0 Å². The summed E-state index contributed by atoms with van der Waals surface area (Å²) in [6.45, 7) is 2.20. The van der Waals surface area contributed by atoms with Gasteiger partial charge in [0, 0.05) is 30.7 Å². The summed E-state index contributed by atoms with van der Waals surface area (Å²) in [7, 11) is 1.59. The third-order valence-corrected chi connectivity index (χ3v) is 4.95. The summed E-state index contributed by atoms with van der Waals surface area (Å²) in [6, 6.07) is 19.3. The summed E-state index contributed by atoms with van der Waals surface area (Å²) in [5, 5.41) is 2.63. The van der Waals surface area contributed by atoms with Gasteiger partial charge in [0.25, 0.3) is 0 Å². The molecule has 0 aliphatic rings. The van der Waals surface area contributed by atoms with Crippen molar-refractivity contribution in [3.05, 3.63) is 66.2 Å². The van der Waals surface area contributed by atoms with Crippen LogP contribution in [0.1, 0.15) is 18.9 Å². The van der Waals surface area contributed by atoms with E-state index in [0.29, 0.717) is 18.7 Å². The van der Waals surface area contributed by atoms with Crippen LogP contribution in [0.25, 0.3) is 0 Å². The van der Waals surface area contributed by atoms with E-state index < -0.39 is 6.04 Å². The van der Waals surface area contributed by atoms with E-state index in [2.05, 4.69) is 5.32 Å². The van der Waals surface area contributed by atoms with Crippen molar-refractivity contribution in [2.24, 2.45) is 0 Å². The number of carbonyl (C=O) groups is 2. The van der Waals surface area contributed by atoms with E-state index in [1.165, 1.54) is 0 Å². The topological polar surface area (TPSA) is 49.4 Å². The third kappa shape index (κ3) is 5.94. The SMILES string of the molecule is CNC(=O)[C@@H](C)N(Cc1ccccc1)C(=O)CCSc1ccccc1. The van der Waals surface area contributed by atoms with Gasteiger partial charge >= 0.3 is 0 Å². The fourth-order valence-electron chi connectivity index (χ4n) is 2.49. The van der Waals surface area contributed by atoms with Gasteiger partial charge < -0.3 is 10.2 Å². The van der Waals surface area contributed by atoms with Crippen LogP contribution in [0.4, 0.5) is 0 Å². The monoisotopic (exact) mass is 356 g/mol. The lowest BCUT2D eigenvalue weighted by molar-refractivity contribution is -0.140. The second-order valence-electron chi connectivity index (χ2n) is 5.71. The lowest BCUT2D eigenvalue weighted by atomic mass is 10.1. The van der Waals surface area contributed by atoms with E-state index >= 15 is 0 Å². The Morgan fingerprint density at radius 1 is 1.04 bits per heavy atom. The van der Waals surface area contributed by atoms with Crippen LogP contribution in [0.5, 0.6) is 0 Å². The van der Waals surface area contributed by atoms with E-state index in [1.54, 1.807) is 30.6 Å². The fraction of sp³-hybridized carbons (Fsp3) is 0.300. The van der Waals surface area contributed by atoms with Crippen molar-refractivity contribution in [1.29, 1.82) is 0 Å². The van der Waals surface area contributed by atoms with Gasteiger partial charge in [0.15, 0.2) is 0 Å². The fourth-order valence-corrected chi connectivity index (χ4v) is 3.35. The van der Waals surface area contributed by atoms with Crippen molar-refractivity contribution in [2.45, 2.75) is 30.8 Å². The molecule has 0 saturated carbocycles. The van der Waals surface area contributed by atoms with Gasteiger partial charge in [-0.25, -0.2) is 0 Å². The average molecular weight is 356 g/mol. The predicted molar refractivity (Wildman–Crippen MR) is 102 cm³/mol. The number of amides is 2. The number of hydrogen-bond donors (Lipinski definition) is 1. The van der Waals surface area contributed by atoms with E-state index in [-0.39, 0.29) is 11.8 Å². The van der Waals surface area contributed by atoms with Crippen molar-refractivity contribution in [1.82, 2.24) is 10.2 Å². The molecule has 0 unspecified atom stereocenters. The number of rotatable bonds is 8. The highest BCUT2D eigenvalue weighted by atomic mass is 32.2. The minimum absolute atomic E-state index is 0.0108. The molecule has 0 heterocycles. The number of hydrogen-bond acceptors (Lipinski definition) is 3. The number of benzene rings is 2. The lowest BCUT2D eigenvalue weighted by Crippen LogP contribution is -2.46. The third-order valence-electron chi connectivity index (χ3n) is 3.94. The van der Waals surface area contributed by atoms with E-state index in [1.807, 2.05) is 60.7 Å². The van der Waals surface area contributed by atoms with Crippen molar-refractivity contribution in [3.8, 4) is 0 Å². The van der Waals surface area contributed by atoms with E-state index in [0.717, 1.165) is 10.5 Å². The summed E-state index contributed by atoms with van der Waals surface area (Å²) in [5.74, 6) is 0.526. The predicted octanol–water partition coefficient (Wildman–Crippen LogP) is 3.33.